The van der Waals surface area contributed by atoms with E-state index in [0.717, 1.165) is 0 Å². The Morgan fingerprint density at radius 2 is 2.00 bits per heavy atom. The van der Waals surface area contributed by atoms with Crippen LogP contribution in [0.3, 0.4) is 0 Å². The molecule has 0 unspecified atom stereocenters. The number of methoxy groups -OCH3 is 1. The molecule has 0 aromatic heterocycles. The second-order valence-corrected chi connectivity index (χ2v) is 3.39. The van der Waals surface area contributed by atoms with E-state index in [2.05, 4.69) is 4.74 Å². The molecule has 0 heterocycles. The Bertz CT molecular complexity index is 304. The topological polar surface area (TPSA) is 18.5 Å². The summed E-state index contributed by atoms with van der Waals surface area (Å²) in [6, 6.07) is 2.79. The van der Waals surface area contributed by atoms with Gasteiger partial charge in [-0.3, -0.25) is 0 Å². The summed E-state index contributed by atoms with van der Waals surface area (Å²) in [4.78, 5) is 0. The van der Waals surface area contributed by atoms with Crippen LogP contribution in [0.25, 0.3) is 0 Å². The molecule has 5 heteroatoms. The average Bonchev–Trinajstić information content (AvgIpc) is 2.13. The molecular formula is C8H7F2IO2. The zero-order valence-corrected chi connectivity index (χ0v) is 8.97. The first-order chi connectivity index (χ1) is 6.16. The molecule has 72 valence electrons. The van der Waals surface area contributed by atoms with Crippen molar-refractivity contribution in [3.05, 3.63) is 27.3 Å². The van der Waals surface area contributed by atoms with E-state index in [1.165, 1.54) is 19.2 Å². The maximum atomic E-state index is 13.0. The predicted octanol–water partition coefficient (Wildman–Crippen LogP) is 2.55. The van der Waals surface area contributed by atoms with E-state index in [-0.39, 0.29) is 16.1 Å². The summed E-state index contributed by atoms with van der Waals surface area (Å²) in [6.45, 7) is -0.100. The maximum Gasteiger partial charge on any atom is 0.201 e. The fourth-order valence-corrected chi connectivity index (χ4v) is 1.16. The van der Waals surface area contributed by atoms with Gasteiger partial charge in [-0.2, -0.15) is 4.39 Å². The SMILES string of the molecule is COCOc1ccc(I)c(F)c1F. The van der Waals surface area contributed by atoms with Crippen LogP contribution < -0.4 is 4.74 Å². The number of hydrogen-bond acceptors (Lipinski definition) is 2. The zero-order valence-electron chi connectivity index (χ0n) is 6.81. The van der Waals surface area contributed by atoms with Crippen LogP contribution in [-0.2, 0) is 4.74 Å². The second kappa shape index (κ2) is 4.71. The van der Waals surface area contributed by atoms with Gasteiger partial charge in [0.05, 0.1) is 3.57 Å². The molecule has 13 heavy (non-hydrogen) atoms. The van der Waals surface area contributed by atoms with Gasteiger partial charge in [0.2, 0.25) is 5.82 Å². The molecule has 0 saturated heterocycles. The Balaban J connectivity index is 2.90. The van der Waals surface area contributed by atoms with E-state index >= 15 is 0 Å². The Kier molecular flexibility index (Phi) is 3.86. The summed E-state index contributed by atoms with van der Waals surface area (Å²) < 4.78 is 35.5. The summed E-state index contributed by atoms with van der Waals surface area (Å²) in [5, 5.41) is 0. The van der Waals surface area contributed by atoms with E-state index in [1.54, 1.807) is 22.6 Å². The smallest absolute Gasteiger partial charge is 0.201 e. The van der Waals surface area contributed by atoms with E-state index in [4.69, 9.17) is 4.74 Å². The quantitative estimate of drug-likeness (QED) is 0.485. The lowest BCUT2D eigenvalue weighted by Crippen LogP contribution is -2.02. The maximum absolute atomic E-state index is 13.0. The van der Waals surface area contributed by atoms with E-state index < -0.39 is 11.6 Å². The van der Waals surface area contributed by atoms with Crippen LogP contribution in [0.2, 0.25) is 0 Å². The third-order valence-electron chi connectivity index (χ3n) is 1.33. The van der Waals surface area contributed by atoms with Crippen molar-refractivity contribution in [2.24, 2.45) is 0 Å². The minimum atomic E-state index is -0.982. The molecule has 0 N–H and O–H groups in total. The summed E-state index contributed by atoms with van der Waals surface area (Å²) >= 11 is 1.70. The highest BCUT2D eigenvalue weighted by molar-refractivity contribution is 14.1. The lowest BCUT2D eigenvalue weighted by molar-refractivity contribution is 0.0477. The molecule has 0 fully saturated rings. The van der Waals surface area contributed by atoms with Crippen molar-refractivity contribution in [2.75, 3.05) is 13.9 Å². The van der Waals surface area contributed by atoms with Gasteiger partial charge in [0, 0.05) is 7.11 Å². The highest BCUT2D eigenvalue weighted by atomic mass is 127. The first-order valence-corrected chi connectivity index (χ1v) is 4.50. The highest BCUT2D eigenvalue weighted by Crippen LogP contribution is 2.23. The molecule has 1 aromatic carbocycles. The van der Waals surface area contributed by atoms with Crippen LogP contribution in [0, 0.1) is 15.2 Å². The molecule has 0 amide bonds. The van der Waals surface area contributed by atoms with Crippen molar-refractivity contribution in [3.8, 4) is 5.75 Å². The summed E-state index contributed by atoms with van der Waals surface area (Å²) in [7, 11) is 1.40. The van der Waals surface area contributed by atoms with Crippen molar-refractivity contribution >= 4 is 22.6 Å². The van der Waals surface area contributed by atoms with E-state index in [9.17, 15) is 8.78 Å². The van der Waals surface area contributed by atoms with Crippen molar-refractivity contribution in [2.45, 2.75) is 0 Å². The lowest BCUT2D eigenvalue weighted by atomic mass is 10.3. The largest absolute Gasteiger partial charge is 0.464 e. The molecule has 0 saturated carbocycles. The third kappa shape index (κ3) is 2.50. The normalized spacial score (nSPS) is 10.2. The molecule has 0 aliphatic heterocycles. The molecule has 0 radical (unpaired) electrons. The van der Waals surface area contributed by atoms with Crippen LogP contribution in [0.5, 0.6) is 5.75 Å². The standard InChI is InChI=1S/C8H7F2IO2/c1-12-4-13-6-3-2-5(11)7(9)8(6)10/h2-3H,4H2,1H3. The van der Waals surface area contributed by atoms with Crippen molar-refractivity contribution in [3.63, 3.8) is 0 Å². The Morgan fingerprint density at radius 1 is 1.31 bits per heavy atom. The Labute approximate surface area is 88.0 Å². The van der Waals surface area contributed by atoms with Gasteiger partial charge in [0.1, 0.15) is 0 Å². The van der Waals surface area contributed by atoms with Crippen molar-refractivity contribution < 1.29 is 18.3 Å². The first-order valence-electron chi connectivity index (χ1n) is 3.42. The monoisotopic (exact) mass is 300 g/mol. The van der Waals surface area contributed by atoms with Crippen molar-refractivity contribution in [1.29, 1.82) is 0 Å². The van der Waals surface area contributed by atoms with Gasteiger partial charge in [-0.15, -0.1) is 0 Å². The molecular weight excluding hydrogens is 293 g/mol. The summed E-state index contributed by atoms with van der Waals surface area (Å²) in [5.41, 5.74) is 0. The van der Waals surface area contributed by atoms with Gasteiger partial charge in [-0.25, -0.2) is 4.39 Å². The highest BCUT2D eigenvalue weighted by Gasteiger charge is 2.12. The second-order valence-electron chi connectivity index (χ2n) is 2.22. The van der Waals surface area contributed by atoms with Gasteiger partial charge in [-0.05, 0) is 34.7 Å². The Morgan fingerprint density at radius 3 is 2.62 bits per heavy atom. The molecule has 0 aliphatic rings. The van der Waals surface area contributed by atoms with E-state index in [1.807, 2.05) is 0 Å². The lowest BCUT2D eigenvalue weighted by Gasteiger charge is -2.06. The number of halogens is 3. The van der Waals surface area contributed by atoms with Gasteiger partial charge < -0.3 is 9.47 Å². The van der Waals surface area contributed by atoms with Gasteiger partial charge in [0.25, 0.3) is 0 Å². The Hall–Kier alpha value is -0.430. The molecule has 0 spiro atoms. The third-order valence-corrected chi connectivity index (χ3v) is 2.17. The summed E-state index contributed by atoms with van der Waals surface area (Å²) in [6.07, 6.45) is 0. The van der Waals surface area contributed by atoms with Crippen LogP contribution in [0.15, 0.2) is 12.1 Å². The fourth-order valence-electron chi connectivity index (χ4n) is 0.742. The molecule has 0 aliphatic carbocycles. The zero-order chi connectivity index (χ0) is 9.84. The molecule has 1 rings (SSSR count). The molecule has 0 bridgehead atoms. The predicted molar refractivity (Wildman–Crippen MR) is 51.6 cm³/mol. The van der Waals surface area contributed by atoms with Crippen LogP contribution >= 0.6 is 22.6 Å². The van der Waals surface area contributed by atoms with Crippen molar-refractivity contribution in [1.82, 2.24) is 0 Å². The fraction of sp³-hybridized carbons (Fsp3) is 0.250. The van der Waals surface area contributed by atoms with E-state index in [0.29, 0.717) is 0 Å². The van der Waals surface area contributed by atoms with Gasteiger partial charge >= 0.3 is 0 Å². The molecule has 0 atom stereocenters. The molecule has 2 nitrogen and oxygen atoms in total. The number of benzene rings is 1. The van der Waals surface area contributed by atoms with Gasteiger partial charge in [-0.1, -0.05) is 0 Å². The minimum absolute atomic E-state index is 0.100. The average molecular weight is 300 g/mol. The number of hydrogen-bond donors (Lipinski definition) is 0. The van der Waals surface area contributed by atoms with Crippen LogP contribution in [0.1, 0.15) is 0 Å². The number of ether oxygens (including phenoxy) is 2. The summed E-state index contributed by atoms with van der Waals surface area (Å²) in [5.74, 6) is -2.02. The van der Waals surface area contributed by atoms with Gasteiger partial charge in [0.15, 0.2) is 18.4 Å². The molecule has 1 aromatic rings. The first kappa shape index (κ1) is 10.6. The minimum Gasteiger partial charge on any atom is -0.464 e. The van der Waals surface area contributed by atoms with Crippen LogP contribution in [0.4, 0.5) is 8.78 Å². The van der Waals surface area contributed by atoms with Crippen LogP contribution in [-0.4, -0.2) is 13.9 Å². The number of rotatable bonds is 3.